The summed E-state index contributed by atoms with van der Waals surface area (Å²) in [4.78, 5) is 10.4. The van der Waals surface area contributed by atoms with Crippen molar-refractivity contribution in [3.05, 3.63) is 67.9 Å². The van der Waals surface area contributed by atoms with Crippen molar-refractivity contribution in [1.82, 2.24) is 0 Å². The van der Waals surface area contributed by atoms with Gasteiger partial charge in [-0.15, -0.1) is 0 Å². The zero-order valence-electron chi connectivity index (χ0n) is 10.9. The molecular formula is C14H11Cl2FN2O2. The van der Waals surface area contributed by atoms with Crippen molar-refractivity contribution < 1.29 is 9.31 Å². The summed E-state index contributed by atoms with van der Waals surface area (Å²) in [7, 11) is 0. The van der Waals surface area contributed by atoms with Crippen molar-refractivity contribution in [3.63, 3.8) is 0 Å². The number of nitrogens with one attached hydrogen (secondary N) is 1. The molecule has 1 N–H and O–H groups in total. The van der Waals surface area contributed by atoms with Crippen LogP contribution in [-0.2, 0) is 0 Å². The predicted molar refractivity (Wildman–Crippen MR) is 81.6 cm³/mol. The molecule has 2 aromatic rings. The second kappa shape index (κ2) is 6.28. The molecule has 0 bridgehead atoms. The quantitative estimate of drug-likeness (QED) is 0.618. The Morgan fingerprint density at radius 3 is 2.43 bits per heavy atom. The lowest BCUT2D eigenvalue weighted by molar-refractivity contribution is -0.384. The van der Waals surface area contributed by atoms with Crippen molar-refractivity contribution in [3.8, 4) is 0 Å². The zero-order valence-corrected chi connectivity index (χ0v) is 12.5. The van der Waals surface area contributed by atoms with Gasteiger partial charge in [0.2, 0.25) is 0 Å². The SMILES string of the molecule is CC(Nc1cc(F)c(Cl)cc1[N+](=O)[O-])c1ccc(Cl)cc1. The number of nitrogens with zero attached hydrogens (tertiary/aromatic N) is 1. The van der Waals surface area contributed by atoms with E-state index in [0.717, 1.165) is 17.7 Å². The van der Waals surface area contributed by atoms with Crippen LogP contribution in [0.2, 0.25) is 10.0 Å². The number of anilines is 1. The van der Waals surface area contributed by atoms with Gasteiger partial charge in [-0.05, 0) is 24.6 Å². The number of hydrogen-bond donors (Lipinski definition) is 1. The number of hydrogen-bond acceptors (Lipinski definition) is 3. The van der Waals surface area contributed by atoms with Crippen LogP contribution in [0.15, 0.2) is 36.4 Å². The molecule has 1 atom stereocenters. The molecule has 0 amide bonds. The highest BCUT2D eigenvalue weighted by atomic mass is 35.5. The van der Waals surface area contributed by atoms with E-state index < -0.39 is 10.7 Å². The van der Waals surface area contributed by atoms with Gasteiger partial charge in [0.05, 0.1) is 9.95 Å². The first-order valence-corrected chi connectivity index (χ1v) is 6.79. The fraction of sp³-hybridized carbons (Fsp3) is 0.143. The molecular weight excluding hydrogens is 318 g/mol. The average Bonchev–Trinajstić information content (AvgIpc) is 2.43. The predicted octanol–water partition coefficient (Wildman–Crippen LogP) is 5.21. The molecule has 0 aliphatic carbocycles. The summed E-state index contributed by atoms with van der Waals surface area (Å²) in [6, 6.07) is 8.76. The number of benzene rings is 2. The number of rotatable bonds is 4. The van der Waals surface area contributed by atoms with Crippen LogP contribution < -0.4 is 5.32 Å². The molecule has 2 rings (SSSR count). The van der Waals surface area contributed by atoms with E-state index in [2.05, 4.69) is 5.32 Å². The van der Waals surface area contributed by atoms with Gasteiger partial charge >= 0.3 is 0 Å². The Hall–Kier alpha value is -1.85. The first kappa shape index (κ1) is 15.5. The van der Waals surface area contributed by atoms with Crippen molar-refractivity contribution >= 4 is 34.6 Å². The van der Waals surface area contributed by atoms with Gasteiger partial charge in [0, 0.05) is 23.2 Å². The van der Waals surface area contributed by atoms with Gasteiger partial charge in [-0.2, -0.15) is 0 Å². The molecule has 7 heteroatoms. The molecule has 0 aromatic heterocycles. The highest BCUT2D eigenvalue weighted by Gasteiger charge is 2.19. The number of nitro benzene ring substituents is 1. The molecule has 0 radical (unpaired) electrons. The molecule has 1 unspecified atom stereocenters. The van der Waals surface area contributed by atoms with E-state index in [1.54, 1.807) is 31.2 Å². The third-order valence-corrected chi connectivity index (χ3v) is 3.52. The summed E-state index contributed by atoms with van der Waals surface area (Å²) in [5, 5.41) is 14.2. The summed E-state index contributed by atoms with van der Waals surface area (Å²) in [5.41, 5.74) is 0.663. The van der Waals surface area contributed by atoms with Crippen LogP contribution in [0.25, 0.3) is 0 Å². The van der Waals surface area contributed by atoms with Crippen LogP contribution >= 0.6 is 23.2 Å². The molecule has 0 spiro atoms. The summed E-state index contributed by atoms with van der Waals surface area (Å²) in [6.07, 6.45) is 0. The van der Waals surface area contributed by atoms with E-state index in [4.69, 9.17) is 23.2 Å². The zero-order chi connectivity index (χ0) is 15.6. The van der Waals surface area contributed by atoms with Crippen LogP contribution in [0, 0.1) is 15.9 Å². The van der Waals surface area contributed by atoms with Gasteiger partial charge in [-0.3, -0.25) is 10.1 Å². The van der Waals surface area contributed by atoms with Gasteiger partial charge in [0.1, 0.15) is 11.5 Å². The second-order valence-electron chi connectivity index (χ2n) is 4.46. The fourth-order valence-electron chi connectivity index (χ4n) is 1.87. The van der Waals surface area contributed by atoms with Crippen molar-refractivity contribution in [1.29, 1.82) is 0 Å². The molecule has 21 heavy (non-hydrogen) atoms. The Kier molecular flexibility index (Phi) is 4.65. The highest BCUT2D eigenvalue weighted by molar-refractivity contribution is 6.31. The van der Waals surface area contributed by atoms with Gasteiger partial charge in [-0.25, -0.2) is 4.39 Å². The van der Waals surface area contributed by atoms with E-state index in [1.165, 1.54) is 0 Å². The molecule has 0 saturated heterocycles. The van der Waals surface area contributed by atoms with Crippen LogP contribution in [-0.4, -0.2) is 4.92 Å². The number of nitro groups is 1. The molecule has 0 heterocycles. The van der Waals surface area contributed by atoms with Crippen molar-refractivity contribution in [2.45, 2.75) is 13.0 Å². The average molecular weight is 329 g/mol. The minimum absolute atomic E-state index is 0.0735. The minimum Gasteiger partial charge on any atom is -0.373 e. The summed E-state index contributed by atoms with van der Waals surface area (Å²) in [5.74, 6) is -0.715. The van der Waals surface area contributed by atoms with Crippen LogP contribution in [0.3, 0.4) is 0 Å². The second-order valence-corrected chi connectivity index (χ2v) is 5.30. The van der Waals surface area contributed by atoms with E-state index in [1.807, 2.05) is 0 Å². The largest absolute Gasteiger partial charge is 0.373 e. The van der Waals surface area contributed by atoms with E-state index in [9.17, 15) is 14.5 Å². The monoisotopic (exact) mass is 328 g/mol. The fourth-order valence-corrected chi connectivity index (χ4v) is 2.15. The standard InChI is InChI=1S/C14H11Cl2FN2O2/c1-8(9-2-4-10(15)5-3-9)18-13-7-12(17)11(16)6-14(13)19(20)21/h2-8,18H,1H3. The van der Waals surface area contributed by atoms with E-state index in [-0.39, 0.29) is 22.4 Å². The van der Waals surface area contributed by atoms with Crippen LogP contribution in [0.4, 0.5) is 15.8 Å². The molecule has 4 nitrogen and oxygen atoms in total. The molecule has 0 aliphatic rings. The third-order valence-electron chi connectivity index (χ3n) is 2.98. The normalized spacial score (nSPS) is 12.0. The maximum Gasteiger partial charge on any atom is 0.294 e. The van der Waals surface area contributed by atoms with Gasteiger partial charge in [0.25, 0.3) is 5.69 Å². The van der Waals surface area contributed by atoms with Gasteiger partial charge < -0.3 is 5.32 Å². The van der Waals surface area contributed by atoms with Gasteiger partial charge in [0.15, 0.2) is 0 Å². The van der Waals surface area contributed by atoms with E-state index >= 15 is 0 Å². The Morgan fingerprint density at radius 1 is 1.24 bits per heavy atom. The smallest absolute Gasteiger partial charge is 0.294 e. The van der Waals surface area contributed by atoms with Crippen LogP contribution in [0.5, 0.6) is 0 Å². The Bertz CT molecular complexity index is 677. The molecule has 0 fully saturated rings. The maximum absolute atomic E-state index is 13.5. The first-order valence-electron chi connectivity index (χ1n) is 6.04. The lowest BCUT2D eigenvalue weighted by Gasteiger charge is -2.16. The van der Waals surface area contributed by atoms with E-state index in [0.29, 0.717) is 5.02 Å². The van der Waals surface area contributed by atoms with Crippen molar-refractivity contribution in [2.24, 2.45) is 0 Å². The maximum atomic E-state index is 13.5. The summed E-state index contributed by atoms with van der Waals surface area (Å²) >= 11 is 11.4. The number of halogens is 3. The molecule has 2 aromatic carbocycles. The lowest BCUT2D eigenvalue weighted by atomic mass is 10.1. The van der Waals surface area contributed by atoms with Crippen LogP contribution in [0.1, 0.15) is 18.5 Å². The Balaban J connectivity index is 2.32. The minimum atomic E-state index is -0.715. The highest BCUT2D eigenvalue weighted by Crippen LogP contribution is 2.32. The summed E-state index contributed by atoms with van der Waals surface area (Å²) < 4.78 is 13.5. The third kappa shape index (κ3) is 3.62. The van der Waals surface area contributed by atoms with Crippen molar-refractivity contribution in [2.75, 3.05) is 5.32 Å². The Labute approximate surface area is 130 Å². The summed E-state index contributed by atoms with van der Waals surface area (Å²) in [6.45, 7) is 1.81. The molecule has 0 aliphatic heterocycles. The van der Waals surface area contributed by atoms with Gasteiger partial charge in [-0.1, -0.05) is 35.3 Å². The topological polar surface area (TPSA) is 55.2 Å². The first-order chi connectivity index (χ1) is 9.88. The molecule has 110 valence electrons. The lowest BCUT2D eigenvalue weighted by Crippen LogP contribution is -2.08. The molecule has 0 saturated carbocycles. The Morgan fingerprint density at radius 2 is 1.86 bits per heavy atom.